The summed E-state index contributed by atoms with van der Waals surface area (Å²) >= 11 is 0. The van der Waals surface area contributed by atoms with E-state index in [-0.39, 0.29) is 0 Å². The second-order valence-corrected chi connectivity index (χ2v) is 5.93. The zero-order valence-corrected chi connectivity index (χ0v) is 10.4. The Bertz CT molecular complexity index is 496. The van der Waals surface area contributed by atoms with Crippen LogP contribution in [0.5, 0.6) is 0 Å². The van der Waals surface area contributed by atoms with Crippen molar-refractivity contribution in [2.24, 2.45) is 0 Å². The van der Waals surface area contributed by atoms with Crippen LogP contribution in [0.3, 0.4) is 0 Å². The first-order valence-corrected chi connectivity index (χ1v) is 7.09. The van der Waals surface area contributed by atoms with Crippen molar-refractivity contribution in [2.45, 2.75) is 0 Å². The van der Waals surface area contributed by atoms with Crippen molar-refractivity contribution in [3.63, 3.8) is 0 Å². The molecule has 0 aromatic carbocycles. The monoisotopic (exact) mass is 257 g/mol. The van der Waals surface area contributed by atoms with Crippen LogP contribution in [0.15, 0.2) is 12.4 Å². The van der Waals surface area contributed by atoms with Gasteiger partial charge in [0.1, 0.15) is 11.6 Å². The Hall–Kier alpha value is -1.41. The number of hydrogen-bond donors (Lipinski definition) is 1. The molecule has 0 aliphatic carbocycles. The Labute approximate surface area is 100 Å². The molecule has 2 heterocycles. The van der Waals surface area contributed by atoms with Crippen LogP contribution in [-0.4, -0.2) is 55.1 Å². The molecule has 7 nitrogen and oxygen atoms in total. The quantitative estimate of drug-likeness (QED) is 0.741. The van der Waals surface area contributed by atoms with E-state index in [0.29, 0.717) is 37.8 Å². The van der Waals surface area contributed by atoms with E-state index in [1.165, 1.54) is 16.8 Å². The van der Waals surface area contributed by atoms with Gasteiger partial charge in [-0.1, -0.05) is 0 Å². The SMILES string of the molecule is CS(=O)(=O)N1CCN(c2cncc(N)n2)CC1. The Morgan fingerprint density at radius 2 is 1.88 bits per heavy atom. The number of hydrogen-bond acceptors (Lipinski definition) is 6. The van der Waals surface area contributed by atoms with Gasteiger partial charge in [-0.05, 0) is 0 Å². The minimum Gasteiger partial charge on any atom is -0.382 e. The molecule has 1 saturated heterocycles. The van der Waals surface area contributed by atoms with Gasteiger partial charge < -0.3 is 10.6 Å². The van der Waals surface area contributed by atoms with Gasteiger partial charge in [-0.15, -0.1) is 0 Å². The molecule has 0 saturated carbocycles. The Morgan fingerprint density at radius 3 is 2.41 bits per heavy atom. The van der Waals surface area contributed by atoms with Crippen LogP contribution in [0, 0.1) is 0 Å². The van der Waals surface area contributed by atoms with E-state index in [1.54, 1.807) is 6.20 Å². The Morgan fingerprint density at radius 1 is 1.24 bits per heavy atom. The van der Waals surface area contributed by atoms with Gasteiger partial charge in [-0.3, -0.25) is 4.98 Å². The summed E-state index contributed by atoms with van der Waals surface area (Å²) in [5.74, 6) is 1.06. The summed E-state index contributed by atoms with van der Waals surface area (Å²) in [6, 6.07) is 0. The lowest BCUT2D eigenvalue weighted by Crippen LogP contribution is -2.48. The van der Waals surface area contributed by atoms with Gasteiger partial charge in [0.25, 0.3) is 0 Å². The molecule has 17 heavy (non-hydrogen) atoms. The van der Waals surface area contributed by atoms with Gasteiger partial charge >= 0.3 is 0 Å². The second kappa shape index (κ2) is 4.46. The third-order valence-electron chi connectivity index (χ3n) is 2.67. The molecular formula is C9H15N5O2S. The summed E-state index contributed by atoms with van der Waals surface area (Å²) < 4.78 is 24.1. The van der Waals surface area contributed by atoms with Gasteiger partial charge in [0, 0.05) is 26.2 Å². The summed E-state index contributed by atoms with van der Waals surface area (Å²) in [5.41, 5.74) is 5.56. The fourth-order valence-electron chi connectivity index (χ4n) is 1.77. The number of aromatic nitrogens is 2. The molecule has 0 spiro atoms. The lowest BCUT2D eigenvalue weighted by Gasteiger charge is -2.33. The minimum atomic E-state index is -3.09. The summed E-state index contributed by atoms with van der Waals surface area (Å²) in [6.07, 6.45) is 4.34. The van der Waals surface area contributed by atoms with Crippen LogP contribution < -0.4 is 10.6 Å². The van der Waals surface area contributed by atoms with Crippen LogP contribution >= 0.6 is 0 Å². The smallest absolute Gasteiger partial charge is 0.211 e. The van der Waals surface area contributed by atoms with Crippen molar-refractivity contribution in [1.82, 2.24) is 14.3 Å². The molecule has 2 N–H and O–H groups in total. The second-order valence-electron chi connectivity index (χ2n) is 3.95. The van der Waals surface area contributed by atoms with Crippen LogP contribution in [0.25, 0.3) is 0 Å². The van der Waals surface area contributed by atoms with Crippen molar-refractivity contribution >= 4 is 21.7 Å². The molecule has 2 rings (SSSR count). The summed E-state index contributed by atoms with van der Waals surface area (Å²) in [5, 5.41) is 0. The Kier molecular flexibility index (Phi) is 3.16. The number of nitrogens with zero attached hydrogens (tertiary/aromatic N) is 4. The maximum absolute atomic E-state index is 11.3. The van der Waals surface area contributed by atoms with E-state index >= 15 is 0 Å². The lowest BCUT2D eigenvalue weighted by atomic mass is 10.3. The molecule has 94 valence electrons. The first-order chi connectivity index (χ1) is 7.97. The molecule has 1 aliphatic rings. The van der Waals surface area contributed by atoms with Crippen molar-refractivity contribution in [2.75, 3.05) is 43.1 Å². The first kappa shape index (κ1) is 12.1. The molecule has 0 radical (unpaired) electrons. The van der Waals surface area contributed by atoms with E-state index in [9.17, 15) is 8.42 Å². The summed E-state index contributed by atoms with van der Waals surface area (Å²) in [4.78, 5) is 10.1. The summed E-state index contributed by atoms with van der Waals surface area (Å²) in [6.45, 7) is 2.14. The molecule has 1 aromatic rings. The summed E-state index contributed by atoms with van der Waals surface area (Å²) in [7, 11) is -3.09. The van der Waals surface area contributed by atoms with Crippen molar-refractivity contribution in [3.8, 4) is 0 Å². The highest BCUT2D eigenvalue weighted by Crippen LogP contribution is 2.14. The average Bonchev–Trinajstić information content (AvgIpc) is 2.28. The lowest BCUT2D eigenvalue weighted by molar-refractivity contribution is 0.387. The fraction of sp³-hybridized carbons (Fsp3) is 0.556. The number of nitrogens with two attached hydrogens (primary N) is 1. The van der Waals surface area contributed by atoms with Crippen molar-refractivity contribution in [1.29, 1.82) is 0 Å². The van der Waals surface area contributed by atoms with E-state index in [4.69, 9.17) is 5.73 Å². The predicted octanol–water partition coefficient (Wildman–Crippen LogP) is -0.860. The van der Waals surface area contributed by atoms with Crippen molar-refractivity contribution < 1.29 is 8.42 Å². The third-order valence-corrected chi connectivity index (χ3v) is 3.98. The average molecular weight is 257 g/mol. The van der Waals surface area contributed by atoms with Gasteiger partial charge in [-0.2, -0.15) is 4.31 Å². The first-order valence-electron chi connectivity index (χ1n) is 5.24. The highest BCUT2D eigenvalue weighted by atomic mass is 32.2. The molecule has 0 bridgehead atoms. The normalized spacial score (nSPS) is 18.3. The van der Waals surface area contributed by atoms with Gasteiger partial charge in [-0.25, -0.2) is 13.4 Å². The van der Waals surface area contributed by atoms with E-state index in [2.05, 4.69) is 9.97 Å². The van der Waals surface area contributed by atoms with Crippen molar-refractivity contribution in [3.05, 3.63) is 12.4 Å². The molecule has 0 atom stereocenters. The number of sulfonamides is 1. The number of nitrogen functional groups attached to an aromatic ring is 1. The van der Waals surface area contributed by atoms with E-state index < -0.39 is 10.0 Å². The number of anilines is 2. The van der Waals surface area contributed by atoms with Gasteiger partial charge in [0.2, 0.25) is 10.0 Å². The molecular weight excluding hydrogens is 242 g/mol. The zero-order chi connectivity index (χ0) is 12.5. The molecule has 1 aromatic heterocycles. The van der Waals surface area contributed by atoms with Crippen LogP contribution in [0.1, 0.15) is 0 Å². The maximum atomic E-state index is 11.3. The Balaban J connectivity index is 2.05. The molecule has 0 amide bonds. The number of rotatable bonds is 2. The third kappa shape index (κ3) is 2.83. The zero-order valence-electron chi connectivity index (χ0n) is 9.57. The maximum Gasteiger partial charge on any atom is 0.211 e. The highest BCUT2D eigenvalue weighted by molar-refractivity contribution is 7.88. The largest absolute Gasteiger partial charge is 0.382 e. The van der Waals surface area contributed by atoms with Gasteiger partial charge in [0.15, 0.2) is 0 Å². The number of piperazine rings is 1. The van der Waals surface area contributed by atoms with Crippen LogP contribution in [-0.2, 0) is 10.0 Å². The highest BCUT2D eigenvalue weighted by Gasteiger charge is 2.24. The van der Waals surface area contributed by atoms with E-state index in [0.717, 1.165) is 0 Å². The molecule has 8 heteroatoms. The topological polar surface area (TPSA) is 92.4 Å². The fourth-order valence-corrected chi connectivity index (χ4v) is 2.60. The standard InChI is InChI=1S/C9H15N5O2S/c1-17(15,16)14-4-2-13(3-5-14)9-7-11-6-8(10)12-9/h6-7H,2-5H2,1H3,(H2,10,12). The molecule has 0 unspecified atom stereocenters. The van der Waals surface area contributed by atoms with Crippen LogP contribution in [0.4, 0.5) is 11.6 Å². The molecule has 1 aliphatic heterocycles. The van der Waals surface area contributed by atoms with Crippen LogP contribution in [0.2, 0.25) is 0 Å². The minimum absolute atomic E-state index is 0.369. The molecule has 1 fully saturated rings. The van der Waals surface area contributed by atoms with Gasteiger partial charge in [0.05, 0.1) is 18.6 Å². The predicted molar refractivity (Wildman–Crippen MR) is 65.1 cm³/mol. The van der Waals surface area contributed by atoms with E-state index in [1.807, 2.05) is 4.90 Å².